The summed E-state index contributed by atoms with van der Waals surface area (Å²) >= 11 is 0. The number of rotatable bonds is 6. The quantitative estimate of drug-likeness (QED) is 0.168. The second-order valence-corrected chi connectivity index (χ2v) is 16.1. The van der Waals surface area contributed by atoms with E-state index in [-0.39, 0.29) is 0 Å². The first-order valence-electron chi connectivity index (χ1n) is 21.1. The van der Waals surface area contributed by atoms with Crippen LogP contribution in [0.25, 0.3) is 104 Å². The van der Waals surface area contributed by atoms with Crippen LogP contribution in [0.3, 0.4) is 0 Å². The molecule has 13 rings (SSSR count). The summed E-state index contributed by atoms with van der Waals surface area (Å²) in [6.07, 6.45) is 0. The predicted octanol–water partition coefficient (Wildman–Crippen LogP) is 16.5. The molecule has 290 valence electrons. The maximum absolute atomic E-state index is 6.41. The monoisotopic (exact) mass is 792 g/mol. The van der Waals surface area contributed by atoms with Crippen LogP contribution in [-0.2, 0) is 0 Å². The highest BCUT2D eigenvalue weighted by atomic mass is 16.3. The van der Waals surface area contributed by atoms with E-state index in [1.54, 1.807) is 0 Å². The van der Waals surface area contributed by atoms with Crippen LogP contribution in [0.4, 0.5) is 17.1 Å². The number of fused-ring (bicyclic) bond motifs is 11. The minimum Gasteiger partial charge on any atom is -0.456 e. The van der Waals surface area contributed by atoms with E-state index in [0.717, 1.165) is 94.3 Å². The lowest BCUT2D eigenvalue weighted by atomic mass is 9.99. The van der Waals surface area contributed by atoms with Crippen molar-refractivity contribution in [1.82, 2.24) is 4.57 Å². The number of hydrogen-bond donors (Lipinski definition) is 0. The minimum absolute atomic E-state index is 0.904. The van der Waals surface area contributed by atoms with Gasteiger partial charge in [0, 0.05) is 66.0 Å². The van der Waals surface area contributed by atoms with Crippen molar-refractivity contribution in [1.29, 1.82) is 0 Å². The third kappa shape index (κ3) is 5.33. The lowest BCUT2D eigenvalue weighted by Crippen LogP contribution is -2.09. The Bertz CT molecular complexity index is 3860. The lowest BCUT2D eigenvalue weighted by molar-refractivity contribution is 0.669. The summed E-state index contributed by atoms with van der Waals surface area (Å²) < 4.78 is 15.2. The molecule has 3 heterocycles. The van der Waals surface area contributed by atoms with Crippen LogP contribution in [0, 0.1) is 0 Å². The Morgan fingerprint density at radius 1 is 0.339 bits per heavy atom. The zero-order valence-electron chi connectivity index (χ0n) is 33.5. The Hall–Kier alpha value is -8.34. The van der Waals surface area contributed by atoms with Crippen LogP contribution in [-0.4, -0.2) is 4.57 Å². The van der Waals surface area contributed by atoms with E-state index >= 15 is 0 Å². The Balaban J connectivity index is 0.945. The molecule has 0 aliphatic carbocycles. The molecule has 62 heavy (non-hydrogen) atoms. The Morgan fingerprint density at radius 2 is 0.984 bits per heavy atom. The molecule has 3 aromatic heterocycles. The second-order valence-electron chi connectivity index (χ2n) is 16.1. The number of furan rings is 2. The van der Waals surface area contributed by atoms with Crippen molar-refractivity contribution in [2.75, 3.05) is 4.90 Å². The van der Waals surface area contributed by atoms with Crippen molar-refractivity contribution in [3.63, 3.8) is 0 Å². The maximum Gasteiger partial charge on any atom is 0.143 e. The zero-order valence-corrected chi connectivity index (χ0v) is 33.5. The van der Waals surface area contributed by atoms with Gasteiger partial charge < -0.3 is 18.3 Å². The number of para-hydroxylation sites is 5. The molecule has 0 bridgehead atoms. The molecule has 0 spiro atoms. The molecule has 0 N–H and O–H groups in total. The van der Waals surface area contributed by atoms with E-state index in [1.165, 1.54) is 27.2 Å². The Morgan fingerprint density at radius 3 is 1.81 bits per heavy atom. The number of hydrogen-bond acceptors (Lipinski definition) is 3. The van der Waals surface area contributed by atoms with Crippen LogP contribution >= 0.6 is 0 Å². The van der Waals surface area contributed by atoms with Gasteiger partial charge in [-0.05, 0) is 107 Å². The van der Waals surface area contributed by atoms with Gasteiger partial charge in [-0.1, -0.05) is 133 Å². The lowest BCUT2D eigenvalue weighted by Gasteiger charge is -2.26. The van der Waals surface area contributed by atoms with E-state index in [0.29, 0.717) is 0 Å². The van der Waals surface area contributed by atoms with Gasteiger partial charge >= 0.3 is 0 Å². The van der Waals surface area contributed by atoms with Gasteiger partial charge in [-0.15, -0.1) is 0 Å². The zero-order chi connectivity index (χ0) is 40.7. The molecule has 0 unspecified atom stereocenters. The van der Waals surface area contributed by atoms with Gasteiger partial charge in [0.15, 0.2) is 0 Å². The standard InChI is InChI=1S/C58H36N2O2/c1-3-14-41(15-4-1)59(43-29-25-37(26-30-43)45-21-12-22-49-46-19-7-10-24-55(46)62-58(45)49)44-18-11-13-38(33-44)39-28-32-53-51(34-39)48-31-27-40-35-56-52(47-20-8-9-23-54(47)61-56)36-50(40)57(48)60(53)42-16-5-2-6-17-42/h1-36H. The number of benzene rings is 10. The maximum atomic E-state index is 6.41. The molecular weight excluding hydrogens is 757 g/mol. The first-order chi connectivity index (χ1) is 30.7. The largest absolute Gasteiger partial charge is 0.456 e. The van der Waals surface area contributed by atoms with Crippen molar-refractivity contribution >= 4 is 93.5 Å². The predicted molar refractivity (Wildman–Crippen MR) is 258 cm³/mol. The molecule has 0 amide bonds. The minimum atomic E-state index is 0.904. The van der Waals surface area contributed by atoms with E-state index < -0.39 is 0 Å². The van der Waals surface area contributed by atoms with Gasteiger partial charge in [-0.3, -0.25) is 0 Å². The first kappa shape index (κ1) is 34.5. The molecular formula is C58H36N2O2. The van der Waals surface area contributed by atoms with Gasteiger partial charge in [-0.25, -0.2) is 0 Å². The summed E-state index contributed by atoms with van der Waals surface area (Å²) in [5.41, 5.74) is 14.8. The van der Waals surface area contributed by atoms with E-state index in [1.807, 2.05) is 24.3 Å². The first-order valence-corrected chi connectivity index (χ1v) is 21.1. The fraction of sp³-hybridized carbons (Fsp3) is 0. The highest BCUT2D eigenvalue weighted by Crippen LogP contribution is 2.43. The van der Waals surface area contributed by atoms with Crippen molar-refractivity contribution in [3.8, 4) is 27.9 Å². The van der Waals surface area contributed by atoms with E-state index in [2.05, 4.69) is 204 Å². The summed E-state index contributed by atoms with van der Waals surface area (Å²) in [6.45, 7) is 0. The molecule has 4 nitrogen and oxygen atoms in total. The smallest absolute Gasteiger partial charge is 0.143 e. The molecule has 0 aliphatic heterocycles. The van der Waals surface area contributed by atoms with Crippen LogP contribution in [0.2, 0.25) is 0 Å². The van der Waals surface area contributed by atoms with Gasteiger partial charge in [-0.2, -0.15) is 0 Å². The molecule has 0 saturated heterocycles. The van der Waals surface area contributed by atoms with Crippen molar-refractivity contribution in [2.24, 2.45) is 0 Å². The molecule has 0 aliphatic rings. The average Bonchev–Trinajstić information content (AvgIpc) is 4.01. The molecule has 0 saturated carbocycles. The van der Waals surface area contributed by atoms with E-state index in [4.69, 9.17) is 8.83 Å². The van der Waals surface area contributed by atoms with Gasteiger partial charge in [0.2, 0.25) is 0 Å². The van der Waals surface area contributed by atoms with Gasteiger partial charge in [0.1, 0.15) is 22.3 Å². The molecule has 0 radical (unpaired) electrons. The Kier molecular flexibility index (Phi) is 7.57. The fourth-order valence-electron chi connectivity index (χ4n) is 9.69. The number of nitrogens with zero attached hydrogens (tertiary/aromatic N) is 2. The van der Waals surface area contributed by atoms with Crippen molar-refractivity contribution in [2.45, 2.75) is 0 Å². The number of anilines is 3. The summed E-state index contributed by atoms with van der Waals surface area (Å²) in [6, 6.07) is 78.0. The van der Waals surface area contributed by atoms with Crippen molar-refractivity contribution in [3.05, 3.63) is 218 Å². The number of aromatic nitrogens is 1. The normalized spacial score (nSPS) is 11.9. The Labute approximate surface area is 356 Å². The van der Waals surface area contributed by atoms with Crippen LogP contribution in [0.1, 0.15) is 0 Å². The summed E-state index contributed by atoms with van der Waals surface area (Å²) in [7, 11) is 0. The third-order valence-corrected chi connectivity index (χ3v) is 12.5. The summed E-state index contributed by atoms with van der Waals surface area (Å²) in [4.78, 5) is 2.33. The van der Waals surface area contributed by atoms with Crippen LogP contribution in [0.5, 0.6) is 0 Å². The average molecular weight is 793 g/mol. The van der Waals surface area contributed by atoms with Crippen molar-refractivity contribution < 1.29 is 8.83 Å². The van der Waals surface area contributed by atoms with E-state index in [9.17, 15) is 0 Å². The third-order valence-electron chi connectivity index (χ3n) is 12.5. The fourth-order valence-corrected chi connectivity index (χ4v) is 9.69. The highest BCUT2D eigenvalue weighted by Gasteiger charge is 2.20. The molecule has 4 heteroatoms. The summed E-state index contributed by atoms with van der Waals surface area (Å²) in [5, 5.41) is 9.30. The van der Waals surface area contributed by atoms with Crippen LogP contribution < -0.4 is 4.90 Å². The second kappa shape index (κ2) is 13.6. The molecule has 0 atom stereocenters. The summed E-state index contributed by atoms with van der Waals surface area (Å²) in [5.74, 6) is 0. The molecule has 0 fully saturated rings. The van der Waals surface area contributed by atoms with Gasteiger partial charge in [0.25, 0.3) is 0 Å². The van der Waals surface area contributed by atoms with Crippen LogP contribution in [0.15, 0.2) is 227 Å². The SMILES string of the molecule is c1ccc(N(c2ccc(-c3cccc4c3oc3ccccc34)cc2)c2cccc(-c3ccc4c(c3)c3ccc5cc6oc7ccccc7c6cc5c3n4-c3ccccc3)c2)cc1. The highest BCUT2D eigenvalue weighted by molar-refractivity contribution is 6.22. The van der Waals surface area contributed by atoms with Gasteiger partial charge in [0.05, 0.1) is 11.0 Å². The molecule has 13 aromatic rings. The topological polar surface area (TPSA) is 34.5 Å². The molecule has 10 aromatic carbocycles.